The minimum Gasteiger partial charge on any atom is -0.309 e. The quantitative estimate of drug-likeness (QED) is 0.897. The standard InChI is InChI=1S/C14H18N2OS/c1-11(10-18(2)17)16-9-13-5-3-4-12-8-15-7-6-14(12)13/h3-8,11,16H,9-10H2,1-2H3. The van der Waals surface area contributed by atoms with Crippen LogP contribution in [0, 0.1) is 0 Å². The lowest BCUT2D eigenvalue weighted by molar-refractivity contribution is 0.589. The molecule has 0 aliphatic rings. The Morgan fingerprint density at radius 3 is 3.00 bits per heavy atom. The van der Waals surface area contributed by atoms with Crippen molar-refractivity contribution in [2.45, 2.75) is 19.5 Å². The smallest absolute Gasteiger partial charge is 0.0383 e. The zero-order chi connectivity index (χ0) is 13.0. The Kier molecular flexibility index (Phi) is 4.44. The van der Waals surface area contributed by atoms with E-state index >= 15 is 0 Å². The minimum absolute atomic E-state index is 0.257. The molecule has 0 saturated heterocycles. The van der Waals surface area contributed by atoms with Gasteiger partial charge in [0.2, 0.25) is 0 Å². The Balaban J connectivity index is 2.10. The molecule has 18 heavy (non-hydrogen) atoms. The van der Waals surface area contributed by atoms with Gasteiger partial charge in [0.25, 0.3) is 0 Å². The van der Waals surface area contributed by atoms with E-state index in [4.69, 9.17) is 0 Å². The summed E-state index contributed by atoms with van der Waals surface area (Å²) in [5, 5.41) is 5.79. The third-order valence-corrected chi connectivity index (χ3v) is 3.87. The molecule has 96 valence electrons. The zero-order valence-electron chi connectivity index (χ0n) is 10.7. The average molecular weight is 262 g/mol. The number of rotatable bonds is 5. The molecule has 1 heterocycles. The highest BCUT2D eigenvalue weighted by Gasteiger charge is 2.05. The molecule has 1 aromatic heterocycles. The molecule has 0 spiro atoms. The van der Waals surface area contributed by atoms with Crippen molar-refractivity contribution >= 4 is 21.6 Å². The van der Waals surface area contributed by atoms with Crippen molar-refractivity contribution in [1.82, 2.24) is 10.3 Å². The van der Waals surface area contributed by atoms with Crippen molar-refractivity contribution in [3.8, 4) is 0 Å². The summed E-state index contributed by atoms with van der Waals surface area (Å²) in [6.45, 7) is 2.85. The first kappa shape index (κ1) is 13.2. The topological polar surface area (TPSA) is 42.0 Å². The van der Waals surface area contributed by atoms with E-state index in [0.29, 0.717) is 5.75 Å². The Hall–Kier alpha value is -1.26. The molecule has 1 aromatic carbocycles. The molecule has 0 aliphatic heterocycles. The van der Waals surface area contributed by atoms with Gasteiger partial charge in [-0.2, -0.15) is 0 Å². The number of nitrogens with one attached hydrogen (secondary N) is 1. The SMILES string of the molecule is CC(CS(C)=O)NCc1cccc2cnccc12. The van der Waals surface area contributed by atoms with E-state index < -0.39 is 10.8 Å². The molecule has 2 unspecified atom stereocenters. The first-order valence-electron chi connectivity index (χ1n) is 6.02. The van der Waals surface area contributed by atoms with E-state index in [-0.39, 0.29) is 6.04 Å². The van der Waals surface area contributed by atoms with Gasteiger partial charge in [-0.05, 0) is 23.9 Å². The Morgan fingerprint density at radius 1 is 1.39 bits per heavy atom. The largest absolute Gasteiger partial charge is 0.309 e. The second-order valence-electron chi connectivity index (χ2n) is 4.54. The van der Waals surface area contributed by atoms with E-state index in [2.05, 4.69) is 29.4 Å². The van der Waals surface area contributed by atoms with Gasteiger partial charge in [-0.25, -0.2) is 0 Å². The van der Waals surface area contributed by atoms with Crippen molar-refractivity contribution in [2.24, 2.45) is 0 Å². The molecule has 2 aromatic rings. The molecule has 3 nitrogen and oxygen atoms in total. The summed E-state index contributed by atoms with van der Waals surface area (Å²) in [7, 11) is -0.753. The van der Waals surface area contributed by atoms with E-state index in [1.807, 2.05) is 24.5 Å². The van der Waals surface area contributed by atoms with Gasteiger partial charge in [-0.15, -0.1) is 0 Å². The van der Waals surface area contributed by atoms with E-state index in [1.54, 1.807) is 6.26 Å². The summed E-state index contributed by atoms with van der Waals surface area (Å²) < 4.78 is 11.1. The van der Waals surface area contributed by atoms with Crippen LogP contribution >= 0.6 is 0 Å². The maximum absolute atomic E-state index is 11.1. The van der Waals surface area contributed by atoms with Gasteiger partial charge < -0.3 is 5.32 Å². The van der Waals surface area contributed by atoms with Crippen LogP contribution in [-0.2, 0) is 17.3 Å². The summed E-state index contributed by atoms with van der Waals surface area (Å²) in [6.07, 6.45) is 5.43. The molecule has 4 heteroatoms. The number of hydrogen-bond acceptors (Lipinski definition) is 3. The van der Waals surface area contributed by atoms with Gasteiger partial charge in [0.15, 0.2) is 0 Å². The molecular formula is C14H18N2OS. The van der Waals surface area contributed by atoms with Crippen LogP contribution in [-0.4, -0.2) is 27.2 Å². The molecule has 0 fully saturated rings. The van der Waals surface area contributed by atoms with Crippen LogP contribution in [0.3, 0.4) is 0 Å². The van der Waals surface area contributed by atoms with Crippen molar-refractivity contribution in [1.29, 1.82) is 0 Å². The van der Waals surface area contributed by atoms with Gasteiger partial charge >= 0.3 is 0 Å². The second-order valence-corrected chi connectivity index (χ2v) is 6.02. The number of pyridine rings is 1. The third-order valence-electron chi connectivity index (χ3n) is 2.90. The molecular weight excluding hydrogens is 244 g/mol. The summed E-state index contributed by atoms with van der Waals surface area (Å²) >= 11 is 0. The maximum atomic E-state index is 11.1. The van der Waals surface area contributed by atoms with Gasteiger partial charge in [0.05, 0.1) is 0 Å². The Labute approximate surface area is 110 Å². The van der Waals surface area contributed by atoms with Crippen LogP contribution in [0.2, 0.25) is 0 Å². The monoisotopic (exact) mass is 262 g/mol. The molecule has 2 atom stereocenters. The molecule has 0 bridgehead atoms. The normalized spacial score (nSPS) is 14.6. The second kappa shape index (κ2) is 6.07. The zero-order valence-corrected chi connectivity index (χ0v) is 11.5. The van der Waals surface area contributed by atoms with Crippen LogP contribution in [0.15, 0.2) is 36.7 Å². The third kappa shape index (κ3) is 3.37. The summed E-state index contributed by atoms with van der Waals surface area (Å²) in [6, 6.07) is 8.52. The van der Waals surface area contributed by atoms with E-state index in [9.17, 15) is 4.21 Å². The lowest BCUT2D eigenvalue weighted by atomic mass is 10.1. The fraction of sp³-hybridized carbons (Fsp3) is 0.357. The first-order valence-corrected chi connectivity index (χ1v) is 7.74. The molecule has 0 radical (unpaired) electrons. The predicted molar refractivity (Wildman–Crippen MR) is 77.0 cm³/mol. The highest BCUT2D eigenvalue weighted by Crippen LogP contribution is 2.17. The number of aromatic nitrogens is 1. The minimum atomic E-state index is -0.753. The maximum Gasteiger partial charge on any atom is 0.0383 e. The van der Waals surface area contributed by atoms with Crippen molar-refractivity contribution in [2.75, 3.05) is 12.0 Å². The highest BCUT2D eigenvalue weighted by atomic mass is 32.2. The summed E-state index contributed by atoms with van der Waals surface area (Å²) in [4.78, 5) is 4.13. The fourth-order valence-corrected chi connectivity index (χ4v) is 2.86. The molecule has 0 amide bonds. The lowest BCUT2D eigenvalue weighted by Gasteiger charge is -2.13. The van der Waals surface area contributed by atoms with Crippen molar-refractivity contribution in [3.63, 3.8) is 0 Å². The van der Waals surface area contributed by atoms with Crippen LogP contribution in [0.5, 0.6) is 0 Å². The van der Waals surface area contributed by atoms with Crippen molar-refractivity contribution < 1.29 is 4.21 Å². The van der Waals surface area contributed by atoms with Gasteiger partial charge in [0, 0.05) is 53.2 Å². The predicted octanol–water partition coefficient (Wildman–Crippen LogP) is 2.09. The number of benzene rings is 1. The highest BCUT2D eigenvalue weighted by molar-refractivity contribution is 7.84. The van der Waals surface area contributed by atoms with Crippen LogP contribution < -0.4 is 5.32 Å². The Morgan fingerprint density at radius 2 is 2.22 bits per heavy atom. The molecule has 1 N–H and O–H groups in total. The van der Waals surface area contributed by atoms with Crippen LogP contribution in [0.4, 0.5) is 0 Å². The van der Waals surface area contributed by atoms with Gasteiger partial charge in [-0.1, -0.05) is 18.2 Å². The summed E-state index contributed by atoms with van der Waals surface area (Å²) in [5.74, 6) is 0.687. The Bertz CT molecular complexity index is 551. The van der Waals surface area contributed by atoms with Gasteiger partial charge in [0.1, 0.15) is 0 Å². The summed E-state index contributed by atoms with van der Waals surface area (Å²) in [5.41, 5.74) is 1.25. The van der Waals surface area contributed by atoms with Crippen LogP contribution in [0.1, 0.15) is 12.5 Å². The van der Waals surface area contributed by atoms with Crippen LogP contribution in [0.25, 0.3) is 10.8 Å². The number of hydrogen-bond donors (Lipinski definition) is 1. The first-order chi connectivity index (χ1) is 8.66. The average Bonchev–Trinajstić information content (AvgIpc) is 2.35. The molecule has 2 rings (SSSR count). The van der Waals surface area contributed by atoms with E-state index in [0.717, 1.165) is 11.9 Å². The van der Waals surface area contributed by atoms with Crippen molar-refractivity contribution in [3.05, 3.63) is 42.2 Å². The fourth-order valence-electron chi connectivity index (χ4n) is 2.04. The van der Waals surface area contributed by atoms with Gasteiger partial charge in [-0.3, -0.25) is 9.19 Å². The molecule has 0 aliphatic carbocycles. The lowest BCUT2D eigenvalue weighted by Crippen LogP contribution is -2.30. The number of nitrogens with zero attached hydrogens (tertiary/aromatic N) is 1. The number of fused-ring (bicyclic) bond motifs is 1. The van der Waals surface area contributed by atoms with E-state index in [1.165, 1.54) is 10.9 Å². The molecule has 0 saturated carbocycles.